The summed E-state index contributed by atoms with van der Waals surface area (Å²) in [4.78, 5) is 29.6. The Hall–Kier alpha value is -4.12. The number of aryl methyl sites for hydroxylation is 1. The van der Waals surface area contributed by atoms with Crippen LogP contribution in [0.25, 0.3) is 22.0 Å². The van der Waals surface area contributed by atoms with E-state index in [0.29, 0.717) is 23.1 Å². The van der Waals surface area contributed by atoms with E-state index in [-0.39, 0.29) is 18.7 Å². The van der Waals surface area contributed by atoms with Gasteiger partial charge in [0.25, 0.3) is 0 Å². The molecule has 262 valence electrons. The number of primary amides is 1. The van der Waals surface area contributed by atoms with Gasteiger partial charge in [0.15, 0.2) is 12.1 Å². The number of aliphatic hydroxyl groups is 1. The third kappa shape index (κ3) is 11.8. The average Bonchev–Trinajstić information content (AvgIpc) is 3.88. The van der Waals surface area contributed by atoms with Crippen molar-refractivity contribution >= 4 is 29.7 Å². The van der Waals surface area contributed by atoms with Crippen molar-refractivity contribution in [3.8, 4) is 22.0 Å². The van der Waals surface area contributed by atoms with E-state index in [0.717, 1.165) is 87.6 Å². The summed E-state index contributed by atoms with van der Waals surface area (Å²) in [6.07, 6.45) is 13.5. The van der Waals surface area contributed by atoms with E-state index >= 15 is 0 Å². The number of halogens is 2. The zero-order valence-electron chi connectivity index (χ0n) is 27.4. The van der Waals surface area contributed by atoms with Crippen molar-refractivity contribution in [3.63, 3.8) is 0 Å². The predicted molar refractivity (Wildman–Crippen MR) is 181 cm³/mol. The number of morpholine rings is 1. The first kappa shape index (κ1) is 38.3. The smallest absolute Gasteiger partial charge is 0.213 e. The van der Waals surface area contributed by atoms with E-state index in [2.05, 4.69) is 36.1 Å². The number of pyridine rings is 1. The van der Waals surface area contributed by atoms with Crippen molar-refractivity contribution in [3.05, 3.63) is 53.6 Å². The second-order valence-electron chi connectivity index (χ2n) is 10.8. The van der Waals surface area contributed by atoms with Gasteiger partial charge in [-0.2, -0.15) is 14.6 Å². The monoisotopic (exact) mass is 689 g/mol. The normalized spacial score (nSPS) is 14.8. The maximum absolute atomic E-state index is 13.9. The lowest BCUT2D eigenvalue weighted by Crippen LogP contribution is -2.37. The Morgan fingerprint density at radius 3 is 2.44 bits per heavy atom. The number of aliphatic hydroxyl groups excluding tert-OH is 1. The van der Waals surface area contributed by atoms with Gasteiger partial charge in [-0.3, -0.25) is 23.9 Å². The lowest BCUT2D eigenvalue weighted by Gasteiger charge is -2.26. The number of nitrogens with zero attached hydrogens (tertiary/aromatic N) is 7. The number of nitrogens with two attached hydrogens (primary N) is 1. The van der Waals surface area contributed by atoms with Crippen LogP contribution < -0.4 is 11.1 Å². The molecule has 1 aliphatic heterocycles. The maximum atomic E-state index is 13.9. The minimum Gasteiger partial charge on any atom is -0.397 e. The minimum atomic E-state index is -0.708. The van der Waals surface area contributed by atoms with Crippen LogP contribution in [0.3, 0.4) is 0 Å². The summed E-state index contributed by atoms with van der Waals surface area (Å²) < 4.78 is 36.4. The second kappa shape index (κ2) is 21.0. The van der Waals surface area contributed by atoms with E-state index in [4.69, 9.17) is 14.6 Å². The van der Waals surface area contributed by atoms with Crippen LogP contribution in [0.5, 0.6) is 0 Å². The fourth-order valence-electron chi connectivity index (χ4n) is 5.22. The molecule has 1 saturated carbocycles. The van der Waals surface area contributed by atoms with Crippen LogP contribution in [0.2, 0.25) is 0 Å². The number of aldehydes is 1. The van der Waals surface area contributed by atoms with E-state index in [1.54, 1.807) is 19.4 Å². The molecule has 1 amide bonds. The molecule has 5 heterocycles. The summed E-state index contributed by atoms with van der Waals surface area (Å²) in [5.74, 6) is -1.28. The molecule has 0 atom stereocenters. The van der Waals surface area contributed by atoms with Gasteiger partial charge >= 0.3 is 0 Å². The molecule has 4 N–H and O–H groups in total. The number of hydrogen-bond acceptors (Lipinski definition) is 11. The van der Waals surface area contributed by atoms with Crippen LogP contribution in [0, 0.1) is 11.8 Å². The SMILES string of the molecule is CCO.CNc1cn(C2CCCCC2)nc1-c1nc(F)ccc1F.NC=O.O=Cc1csc(-c2cnn(CCCN3CCOCC3)c2)n1. The first-order chi connectivity index (χ1) is 23.4. The van der Waals surface area contributed by atoms with Crippen molar-refractivity contribution in [2.45, 2.75) is 58.0 Å². The highest BCUT2D eigenvalue weighted by molar-refractivity contribution is 7.13. The number of thiazole rings is 1. The van der Waals surface area contributed by atoms with Gasteiger partial charge in [-0.25, -0.2) is 14.4 Å². The third-order valence-electron chi connectivity index (χ3n) is 7.47. The first-order valence-corrected chi connectivity index (χ1v) is 16.8. The Labute approximate surface area is 283 Å². The third-order valence-corrected chi connectivity index (χ3v) is 8.38. The van der Waals surface area contributed by atoms with Crippen LogP contribution >= 0.6 is 11.3 Å². The van der Waals surface area contributed by atoms with E-state index < -0.39 is 11.8 Å². The highest BCUT2D eigenvalue weighted by Gasteiger charge is 2.21. The Kier molecular flexibility index (Phi) is 16.7. The molecule has 4 aromatic heterocycles. The molecule has 48 heavy (non-hydrogen) atoms. The quantitative estimate of drug-likeness (QED) is 0.169. The van der Waals surface area contributed by atoms with Gasteiger partial charge in [-0.15, -0.1) is 11.3 Å². The highest BCUT2D eigenvalue weighted by atomic mass is 32.1. The van der Waals surface area contributed by atoms with Gasteiger partial charge in [0.2, 0.25) is 12.4 Å². The lowest BCUT2D eigenvalue weighted by molar-refractivity contribution is -0.106. The number of rotatable bonds is 9. The van der Waals surface area contributed by atoms with E-state index in [9.17, 15) is 13.6 Å². The second-order valence-corrected chi connectivity index (χ2v) is 11.7. The molecule has 0 bridgehead atoms. The minimum absolute atomic E-state index is 0.0473. The summed E-state index contributed by atoms with van der Waals surface area (Å²) in [5, 5.41) is 22.0. The van der Waals surface area contributed by atoms with E-state index in [1.165, 1.54) is 30.6 Å². The molecule has 1 saturated heterocycles. The zero-order valence-corrected chi connectivity index (χ0v) is 28.2. The van der Waals surface area contributed by atoms with Gasteiger partial charge in [0, 0.05) is 63.2 Å². The fraction of sp³-hybridized carbons (Fsp3) is 0.500. The summed E-state index contributed by atoms with van der Waals surface area (Å²) in [6.45, 7) is 7.63. The van der Waals surface area contributed by atoms with Crippen molar-refractivity contribution in [2.24, 2.45) is 5.73 Å². The number of hydrogen-bond donors (Lipinski definition) is 3. The topological polar surface area (TPSA) is 166 Å². The Balaban J connectivity index is 0.000000224. The van der Waals surface area contributed by atoms with Gasteiger partial charge < -0.3 is 20.9 Å². The fourth-order valence-corrected chi connectivity index (χ4v) is 5.96. The Morgan fingerprint density at radius 1 is 1.08 bits per heavy atom. The molecule has 0 aromatic carbocycles. The van der Waals surface area contributed by atoms with Crippen molar-refractivity contribution in [1.29, 1.82) is 0 Å². The zero-order chi connectivity index (χ0) is 34.7. The van der Waals surface area contributed by atoms with Crippen molar-refractivity contribution in [1.82, 2.24) is 34.4 Å². The van der Waals surface area contributed by atoms with Crippen LogP contribution in [0.1, 0.15) is 62.0 Å². The van der Waals surface area contributed by atoms with Crippen LogP contribution in [0.4, 0.5) is 14.5 Å². The number of amides is 1. The Morgan fingerprint density at radius 2 is 1.79 bits per heavy atom. The van der Waals surface area contributed by atoms with Crippen LogP contribution in [0.15, 0.2) is 36.1 Å². The van der Waals surface area contributed by atoms with Crippen molar-refractivity contribution < 1.29 is 28.2 Å². The number of aromatic nitrogens is 6. The molecule has 2 fully saturated rings. The molecule has 2 aliphatic rings. The van der Waals surface area contributed by atoms with Gasteiger partial charge in [0.1, 0.15) is 22.1 Å². The van der Waals surface area contributed by atoms with Crippen LogP contribution in [-0.4, -0.2) is 98.7 Å². The van der Waals surface area contributed by atoms with E-state index in [1.807, 2.05) is 28.0 Å². The van der Waals surface area contributed by atoms with Crippen molar-refractivity contribution in [2.75, 3.05) is 51.8 Å². The molecule has 1 aliphatic carbocycles. The summed E-state index contributed by atoms with van der Waals surface area (Å²) in [7, 11) is 1.74. The first-order valence-electron chi connectivity index (χ1n) is 16.0. The van der Waals surface area contributed by atoms with Gasteiger partial charge in [0.05, 0.1) is 31.1 Å². The predicted octanol–water partition coefficient (Wildman–Crippen LogP) is 4.41. The summed E-state index contributed by atoms with van der Waals surface area (Å²) in [5.41, 5.74) is 6.60. The number of ether oxygens (including phenoxy) is 1. The maximum Gasteiger partial charge on any atom is 0.213 e. The Bertz CT molecular complexity index is 1520. The number of nitrogens with one attached hydrogen (secondary N) is 1. The van der Waals surface area contributed by atoms with Crippen LogP contribution in [-0.2, 0) is 16.1 Å². The number of carbonyl (C=O) groups is 2. The molecule has 0 radical (unpaired) electrons. The molecular weight excluding hydrogens is 644 g/mol. The largest absolute Gasteiger partial charge is 0.397 e. The molecule has 6 rings (SSSR count). The average molecular weight is 690 g/mol. The summed E-state index contributed by atoms with van der Waals surface area (Å²) in [6, 6.07) is 2.42. The lowest BCUT2D eigenvalue weighted by atomic mass is 9.96. The highest BCUT2D eigenvalue weighted by Crippen LogP contribution is 2.33. The van der Waals surface area contributed by atoms with Gasteiger partial charge in [-0.05, 0) is 38.3 Å². The summed E-state index contributed by atoms with van der Waals surface area (Å²) >= 11 is 1.47. The molecule has 16 heteroatoms. The molecule has 4 aromatic rings. The number of carbonyl (C=O) groups excluding carboxylic acids is 2. The molecule has 0 spiro atoms. The van der Waals surface area contributed by atoms with Gasteiger partial charge in [-0.1, -0.05) is 19.3 Å². The number of anilines is 1. The standard InChI is InChI=1S/C15H18F2N4.C14H18N4O2S.C2H6O.CH3NO/c1-18-12-9-21(10-5-3-2-4-6-10)20-15(12)14-11(16)7-8-13(17)19-14;19-10-13-11-21-14(16-13)12-8-15-18(9-12)3-1-2-17-4-6-20-7-5-17;1-2-3;2-1-3/h7-10,18H,2-6H2,1H3;8-11H,1-7H2;3H,2H2,1H3;1H,(H2,2,3). The molecule has 13 nitrogen and oxygen atoms in total. The molecular formula is C32H45F2N9O4S. The molecule has 0 unspecified atom stereocenters.